The first-order valence-electron chi connectivity index (χ1n) is 4.48. The molecule has 1 aromatic carbocycles. The predicted octanol–water partition coefficient (Wildman–Crippen LogP) is 2.87. The molecule has 0 atom stereocenters. The monoisotopic (exact) mass is 262 g/mol. The molecular formula is C11H13N2Y-. The Kier molecular flexibility index (Phi) is 3.74. The predicted molar refractivity (Wildman–Crippen MR) is 54.6 cm³/mol. The van der Waals surface area contributed by atoms with E-state index in [-0.39, 0.29) is 32.7 Å². The van der Waals surface area contributed by atoms with Gasteiger partial charge in [0.2, 0.25) is 0 Å². The van der Waals surface area contributed by atoms with Crippen molar-refractivity contribution in [3.8, 4) is 0 Å². The molecule has 1 aromatic heterocycles. The van der Waals surface area contributed by atoms with Crippen molar-refractivity contribution in [3.63, 3.8) is 0 Å². The molecule has 2 aromatic rings. The fraction of sp³-hybridized carbons (Fsp3) is 0.273. The Labute approximate surface area is 109 Å². The van der Waals surface area contributed by atoms with Crippen molar-refractivity contribution in [1.29, 1.82) is 0 Å². The van der Waals surface area contributed by atoms with Crippen LogP contribution in [0.15, 0.2) is 18.2 Å². The fourth-order valence-electron chi connectivity index (χ4n) is 1.35. The first-order chi connectivity index (χ1) is 6.16. The molecule has 0 aliphatic carbocycles. The van der Waals surface area contributed by atoms with Gasteiger partial charge in [-0.15, -0.1) is 6.07 Å². The fourth-order valence-corrected chi connectivity index (χ4v) is 1.35. The summed E-state index contributed by atoms with van der Waals surface area (Å²) >= 11 is 0. The van der Waals surface area contributed by atoms with Crippen molar-refractivity contribution in [3.05, 3.63) is 36.5 Å². The van der Waals surface area contributed by atoms with E-state index in [0.29, 0.717) is 5.92 Å². The van der Waals surface area contributed by atoms with Gasteiger partial charge in [-0.1, -0.05) is 19.9 Å². The number of aromatic amines is 1. The minimum atomic E-state index is 0. The summed E-state index contributed by atoms with van der Waals surface area (Å²) in [4.78, 5) is 7.75. The third kappa shape index (κ3) is 2.18. The number of nitrogens with zero attached hydrogens (tertiary/aromatic N) is 1. The minimum absolute atomic E-state index is 0. The normalized spacial score (nSPS) is 10.5. The molecular weight excluding hydrogens is 249 g/mol. The molecule has 0 saturated carbocycles. The first kappa shape index (κ1) is 11.7. The maximum atomic E-state index is 4.47. The Bertz CT molecular complexity index is 432. The quantitative estimate of drug-likeness (QED) is 0.786. The molecule has 0 saturated heterocycles. The van der Waals surface area contributed by atoms with Crippen LogP contribution in [0.3, 0.4) is 0 Å². The summed E-state index contributed by atoms with van der Waals surface area (Å²) in [7, 11) is 0. The van der Waals surface area contributed by atoms with Crippen LogP contribution in [0, 0.1) is 6.92 Å². The number of fused-ring (bicyclic) bond motifs is 1. The van der Waals surface area contributed by atoms with Gasteiger partial charge in [0.15, 0.2) is 0 Å². The summed E-state index contributed by atoms with van der Waals surface area (Å²) in [5, 5.41) is 0. The maximum Gasteiger partial charge on any atom is 0.108 e. The van der Waals surface area contributed by atoms with Gasteiger partial charge in [-0.3, -0.25) is 0 Å². The number of hydrogen-bond acceptors (Lipinski definition) is 1. The van der Waals surface area contributed by atoms with Crippen molar-refractivity contribution in [2.75, 3.05) is 0 Å². The molecule has 0 aliphatic heterocycles. The van der Waals surface area contributed by atoms with Crippen LogP contribution < -0.4 is 0 Å². The molecule has 0 spiro atoms. The zero-order valence-corrected chi connectivity index (χ0v) is 11.4. The summed E-state index contributed by atoms with van der Waals surface area (Å²) in [6, 6.07) is 6.00. The summed E-state index contributed by atoms with van der Waals surface area (Å²) < 4.78 is 0. The van der Waals surface area contributed by atoms with Crippen LogP contribution in [0.4, 0.5) is 0 Å². The average molecular weight is 262 g/mol. The van der Waals surface area contributed by atoms with Crippen LogP contribution in [0.25, 0.3) is 11.0 Å². The van der Waals surface area contributed by atoms with Crippen LogP contribution >= 0.6 is 0 Å². The second kappa shape index (κ2) is 4.46. The van der Waals surface area contributed by atoms with Crippen molar-refractivity contribution >= 4 is 11.0 Å². The largest absolute Gasteiger partial charge is 0.352 e. The summed E-state index contributed by atoms with van der Waals surface area (Å²) in [5.74, 6) is 1.49. The number of rotatable bonds is 1. The average Bonchev–Trinajstić information content (AvgIpc) is 2.46. The molecule has 2 nitrogen and oxygen atoms in total. The van der Waals surface area contributed by atoms with Crippen molar-refractivity contribution in [2.24, 2.45) is 0 Å². The number of H-pyrrole nitrogens is 1. The zero-order chi connectivity index (χ0) is 9.42. The van der Waals surface area contributed by atoms with E-state index in [0.717, 1.165) is 22.4 Å². The molecule has 2 rings (SSSR count). The summed E-state index contributed by atoms with van der Waals surface area (Å²) in [5.41, 5.74) is 3.12. The van der Waals surface area contributed by atoms with Gasteiger partial charge in [-0.05, 0) is 0 Å². The van der Waals surface area contributed by atoms with Gasteiger partial charge >= 0.3 is 0 Å². The van der Waals surface area contributed by atoms with E-state index >= 15 is 0 Å². The molecule has 14 heavy (non-hydrogen) atoms. The maximum absolute atomic E-state index is 4.47. The zero-order valence-electron chi connectivity index (χ0n) is 8.54. The van der Waals surface area contributed by atoms with E-state index in [4.69, 9.17) is 0 Å². The van der Waals surface area contributed by atoms with Crippen LogP contribution in [-0.2, 0) is 32.7 Å². The Morgan fingerprint density at radius 1 is 1.36 bits per heavy atom. The van der Waals surface area contributed by atoms with Gasteiger partial charge in [0, 0.05) is 44.1 Å². The molecule has 3 heteroatoms. The Hall–Kier alpha value is -0.336. The van der Waals surface area contributed by atoms with E-state index in [1.165, 1.54) is 0 Å². The molecule has 0 bridgehead atoms. The topological polar surface area (TPSA) is 28.7 Å². The van der Waals surface area contributed by atoms with E-state index in [1.54, 1.807) is 0 Å². The Morgan fingerprint density at radius 2 is 2.07 bits per heavy atom. The van der Waals surface area contributed by atoms with Crippen LogP contribution in [0.5, 0.6) is 0 Å². The van der Waals surface area contributed by atoms with E-state index in [1.807, 2.05) is 18.2 Å². The molecule has 1 N–H and O–H groups in total. The molecule has 0 unspecified atom stereocenters. The second-order valence-electron chi connectivity index (χ2n) is 3.63. The number of aromatic nitrogens is 2. The van der Waals surface area contributed by atoms with Gasteiger partial charge in [-0.2, -0.15) is 18.6 Å². The minimum Gasteiger partial charge on any atom is -0.352 e. The Morgan fingerprint density at radius 3 is 2.71 bits per heavy atom. The Balaban J connectivity index is 0.000000980. The molecule has 71 valence electrons. The molecule has 0 fully saturated rings. The van der Waals surface area contributed by atoms with E-state index < -0.39 is 0 Å². The molecule has 1 heterocycles. The van der Waals surface area contributed by atoms with Crippen LogP contribution in [0.1, 0.15) is 31.2 Å². The molecule has 0 aliphatic rings. The number of hydrogen-bond donors (Lipinski definition) is 1. The van der Waals surface area contributed by atoms with Crippen LogP contribution in [-0.4, -0.2) is 9.97 Å². The van der Waals surface area contributed by atoms with Crippen molar-refractivity contribution in [2.45, 2.75) is 19.8 Å². The van der Waals surface area contributed by atoms with Gasteiger partial charge in [-0.25, -0.2) is 4.98 Å². The van der Waals surface area contributed by atoms with Crippen molar-refractivity contribution in [1.82, 2.24) is 9.97 Å². The van der Waals surface area contributed by atoms with Crippen LogP contribution in [0.2, 0.25) is 0 Å². The van der Waals surface area contributed by atoms with Gasteiger partial charge in [0.1, 0.15) is 5.82 Å². The third-order valence-electron chi connectivity index (χ3n) is 2.11. The number of imidazole rings is 1. The first-order valence-corrected chi connectivity index (χ1v) is 4.48. The van der Waals surface area contributed by atoms with Gasteiger partial charge < -0.3 is 4.98 Å². The standard InChI is InChI=1S/C11H13N2.Y/c1-7(2)11-12-9-5-4-8(3)6-10(9)13-11;/h4-7H,3H2,1-2H3,(H,12,13);/q-1;. The molecule has 0 amide bonds. The summed E-state index contributed by atoms with van der Waals surface area (Å²) in [6.45, 7) is 8.13. The van der Waals surface area contributed by atoms with Gasteiger partial charge in [0.05, 0.1) is 5.52 Å². The van der Waals surface area contributed by atoms with E-state index in [9.17, 15) is 0 Å². The van der Waals surface area contributed by atoms with Gasteiger partial charge in [0.25, 0.3) is 0 Å². The number of nitrogens with one attached hydrogen (secondary N) is 1. The smallest absolute Gasteiger partial charge is 0.108 e. The van der Waals surface area contributed by atoms with E-state index in [2.05, 4.69) is 30.7 Å². The number of benzene rings is 1. The SMILES string of the molecule is [CH2-]c1ccc2nc(C(C)C)[nH]c2c1.[Y]. The summed E-state index contributed by atoms with van der Waals surface area (Å²) in [6.07, 6.45) is 0. The molecule has 1 radical (unpaired) electrons. The third-order valence-corrected chi connectivity index (χ3v) is 2.11. The second-order valence-corrected chi connectivity index (χ2v) is 3.63. The van der Waals surface area contributed by atoms with Crippen molar-refractivity contribution < 1.29 is 32.7 Å².